The van der Waals surface area contributed by atoms with Gasteiger partial charge in [-0.2, -0.15) is 0 Å². The molecule has 1 aromatic carbocycles. The Labute approximate surface area is 122 Å². The van der Waals surface area contributed by atoms with Crippen LogP contribution in [0.25, 0.3) is 0 Å². The number of hydrogen-bond donors (Lipinski definition) is 2. The predicted octanol–water partition coefficient (Wildman–Crippen LogP) is 1.98. The van der Waals surface area contributed by atoms with Crippen LogP contribution in [-0.4, -0.2) is 37.0 Å². The molecule has 0 aromatic heterocycles. The van der Waals surface area contributed by atoms with Crippen LogP contribution in [0.1, 0.15) is 12.0 Å². The molecule has 19 heavy (non-hydrogen) atoms. The van der Waals surface area contributed by atoms with Gasteiger partial charge in [0.25, 0.3) is 0 Å². The molecular formula is C14H20BrN3O. The maximum Gasteiger partial charge on any atom is 0.238 e. The molecule has 1 aromatic rings. The lowest BCUT2D eigenvalue weighted by Gasteiger charge is -2.15. The van der Waals surface area contributed by atoms with Crippen molar-refractivity contribution in [2.75, 3.05) is 31.5 Å². The second-order valence-electron chi connectivity index (χ2n) is 5.14. The van der Waals surface area contributed by atoms with E-state index in [2.05, 4.69) is 26.1 Å². The van der Waals surface area contributed by atoms with Crippen molar-refractivity contribution in [1.82, 2.24) is 4.90 Å². The molecule has 0 aliphatic carbocycles. The quantitative estimate of drug-likeness (QED) is 0.889. The van der Waals surface area contributed by atoms with Crippen molar-refractivity contribution in [2.45, 2.75) is 13.3 Å². The fraction of sp³-hybridized carbons (Fsp3) is 0.500. The maximum absolute atomic E-state index is 12.0. The third kappa shape index (κ3) is 4.03. The summed E-state index contributed by atoms with van der Waals surface area (Å²) in [7, 11) is 0. The van der Waals surface area contributed by atoms with Crippen LogP contribution in [-0.2, 0) is 4.79 Å². The highest BCUT2D eigenvalue weighted by molar-refractivity contribution is 9.10. The number of nitrogens with one attached hydrogen (secondary N) is 1. The molecule has 104 valence electrons. The summed E-state index contributed by atoms with van der Waals surface area (Å²) in [6.45, 7) is 5.07. The molecule has 0 spiro atoms. The number of nitrogens with zero attached hydrogens (tertiary/aromatic N) is 1. The van der Waals surface area contributed by atoms with Gasteiger partial charge in [0.15, 0.2) is 0 Å². The minimum Gasteiger partial charge on any atom is -0.330 e. The van der Waals surface area contributed by atoms with Crippen molar-refractivity contribution in [3.63, 3.8) is 0 Å². The first-order chi connectivity index (χ1) is 9.08. The summed E-state index contributed by atoms with van der Waals surface area (Å²) < 4.78 is 1.05. The Hall–Kier alpha value is -0.910. The topological polar surface area (TPSA) is 58.4 Å². The number of carbonyl (C=O) groups excluding carboxylic acids is 1. The van der Waals surface area contributed by atoms with Crippen LogP contribution in [0.3, 0.4) is 0 Å². The van der Waals surface area contributed by atoms with E-state index < -0.39 is 0 Å². The lowest BCUT2D eigenvalue weighted by molar-refractivity contribution is -0.117. The summed E-state index contributed by atoms with van der Waals surface area (Å²) in [5.74, 6) is 0.585. The molecule has 1 fully saturated rings. The van der Waals surface area contributed by atoms with E-state index in [1.165, 1.54) is 0 Å². The summed E-state index contributed by atoms with van der Waals surface area (Å²) >= 11 is 3.45. The summed E-state index contributed by atoms with van der Waals surface area (Å²) in [6.07, 6.45) is 1.10. The van der Waals surface area contributed by atoms with Crippen LogP contribution >= 0.6 is 15.9 Å². The molecule has 1 aliphatic rings. The zero-order chi connectivity index (χ0) is 13.8. The van der Waals surface area contributed by atoms with Crippen molar-refractivity contribution >= 4 is 27.5 Å². The molecule has 1 heterocycles. The zero-order valence-electron chi connectivity index (χ0n) is 11.2. The summed E-state index contributed by atoms with van der Waals surface area (Å²) in [5.41, 5.74) is 7.61. The lowest BCUT2D eigenvalue weighted by Crippen LogP contribution is -2.32. The highest BCUT2D eigenvalue weighted by Gasteiger charge is 2.22. The minimum absolute atomic E-state index is 0.0411. The normalized spacial score (nSPS) is 19.6. The molecule has 3 N–H and O–H groups in total. The summed E-state index contributed by atoms with van der Waals surface area (Å²) in [4.78, 5) is 14.1. The van der Waals surface area contributed by atoms with Crippen molar-refractivity contribution in [2.24, 2.45) is 11.7 Å². The molecule has 4 nitrogen and oxygen atoms in total. The number of anilines is 1. The number of halogens is 1. The fourth-order valence-electron chi connectivity index (χ4n) is 2.37. The van der Waals surface area contributed by atoms with Crippen molar-refractivity contribution in [3.8, 4) is 0 Å². The zero-order valence-corrected chi connectivity index (χ0v) is 12.7. The number of amides is 1. The van der Waals surface area contributed by atoms with Crippen LogP contribution < -0.4 is 11.1 Å². The second-order valence-corrected chi connectivity index (χ2v) is 5.99. The van der Waals surface area contributed by atoms with E-state index in [0.29, 0.717) is 19.0 Å². The van der Waals surface area contributed by atoms with Gasteiger partial charge in [0.1, 0.15) is 0 Å². The average Bonchev–Trinajstić information content (AvgIpc) is 2.81. The number of nitrogens with two attached hydrogens (primary N) is 1. The fourth-order valence-corrected chi connectivity index (χ4v) is 2.62. The third-order valence-corrected chi connectivity index (χ3v) is 4.40. The van der Waals surface area contributed by atoms with E-state index in [0.717, 1.165) is 35.2 Å². The number of hydrogen-bond acceptors (Lipinski definition) is 3. The standard InChI is InChI=1S/C14H20BrN3O/c1-10-6-12(2-3-13(10)15)17-14(19)9-18-5-4-11(7-16)8-18/h2-3,6,11H,4-5,7-9,16H2,1H3,(H,17,19). The Morgan fingerprint density at radius 1 is 1.58 bits per heavy atom. The Morgan fingerprint density at radius 2 is 2.37 bits per heavy atom. The van der Waals surface area contributed by atoms with Crippen molar-refractivity contribution in [3.05, 3.63) is 28.2 Å². The largest absolute Gasteiger partial charge is 0.330 e. The molecule has 0 bridgehead atoms. The number of carbonyl (C=O) groups is 1. The number of aryl methyl sites for hydroxylation is 1. The van der Waals surface area contributed by atoms with E-state index in [1.807, 2.05) is 25.1 Å². The predicted molar refractivity (Wildman–Crippen MR) is 81.1 cm³/mol. The SMILES string of the molecule is Cc1cc(NC(=O)CN2CCC(CN)C2)ccc1Br. The van der Waals surface area contributed by atoms with E-state index in [4.69, 9.17) is 5.73 Å². The van der Waals surface area contributed by atoms with Crippen LogP contribution in [0.5, 0.6) is 0 Å². The smallest absolute Gasteiger partial charge is 0.238 e. The first-order valence-electron chi connectivity index (χ1n) is 6.57. The third-order valence-electron chi connectivity index (χ3n) is 3.51. The number of rotatable bonds is 4. The molecule has 1 atom stereocenters. The minimum atomic E-state index is 0.0411. The highest BCUT2D eigenvalue weighted by Crippen LogP contribution is 2.20. The van der Waals surface area contributed by atoms with Gasteiger partial charge in [0, 0.05) is 16.7 Å². The first-order valence-corrected chi connectivity index (χ1v) is 7.36. The molecule has 2 rings (SSSR count). The summed E-state index contributed by atoms with van der Waals surface area (Å²) in [5, 5.41) is 2.94. The molecule has 0 saturated carbocycles. The van der Waals surface area contributed by atoms with E-state index in [1.54, 1.807) is 0 Å². The maximum atomic E-state index is 12.0. The molecular weight excluding hydrogens is 306 g/mol. The molecule has 1 saturated heterocycles. The number of likely N-dealkylation sites (tertiary alicyclic amines) is 1. The molecule has 5 heteroatoms. The Balaban J connectivity index is 1.86. The lowest BCUT2D eigenvalue weighted by atomic mass is 10.1. The summed E-state index contributed by atoms with van der Waals surface area (Å²) in [6, 6.07) is 5.82. The van der Waals surface area contributed by atoms with Crippen LogP contribution in [0, 0.1) is 12.8 Å². The van der Waals surface area contributed by atoms with Gasteiger partial charge >= 0.3 is 0 Å². The molecule has 1 amide bonds. The molecule has 0 radical (unpaired) electrons. The van der Waals surface area contributed by atoms with Crippen molar-refractivity contribution < 1.29 is 4.79 Å². The van der Waals surface area contributed by atoms with Gasteiger partial charge in [-0.1, -0.05) is 15.9 Å². The highest BCUT2D eigenvalue weighted by atomic mass is 79.9. The molecule has 1 unspecified atom stereocenters. The van der Waals surface area contributed by atoms with Crippen molar-refractivity contribution in [1.29, 1.82) is 0 Å². The Bertz CT molecular complexity index is 464. The van der Waals surface area contributed by atoms with E-state index >= 15 is 0 Å². The van der Waals surface area contributed by atoms with E-state index in [9.17, 15) is 4.79 Å². The average molecular weight is 326 g/mol. The van der Waals surface area contributed by atoms with Gasteiger partial charge < -0.3 is 11.1 Å². The second kappa shape index (κ2) is 6.50. The van der Waals surface area contributed by atoms with Gasteiger partial charge in [-0.05, 0) is 56.1 Å². The van der Waals surface area contributed by atoms with Crippen LogP contribution in [0.2, 0.25) is 0 Å². The first kappa shape index (κ1) is 14.5. The van der Waals surface area contributed by atoms with Gasteiger partial charge in [-0.25, -0.2) is 0 Å². The number of benzene rings is 1. The van der Waals surface area contributed by atoms with Crippen LogP contribution in [0.4, 0.5) is 5.69 Å². The van der Waals surface area contributed by atoms with E-state index in [-0.39, 0.29) is 5.91 Å². The molecule has 1 aliphatic heterocycles. The van der Waals surface area contributed by atoms with Gasteiger partial charge in [-0.15, -0.1) is 0 Å². The van der Waals surface area contributed by atoms with Gasteiger partial charge in [0.2, 0.25) is 5.91 Å². The van der Waals surface area contributed by atoms with Gasteiger partial charge in [0.05, 0.1) is 6.54 Å². The Kier molecular flexibility index (Phi) is 4.96. The van der Waals surface area contributed by atoms with Crippen LogP contribution in [0.15, 0.2) is 22.7 Å². The van der Waals surface area contributed by atoms with Gasteiger partial charge in [-0.3, -0.25) is 9.69 Å². The monoisotopic (exact) mass is 325 g/mol. The Morgan fingerprint density at radius 3 is 3.00 bits per heavy atom.